The zero-order valence-electron chi connectivity index (χ0n) is 16.6. The molecule has 0 spiro atoms. The van der Waals surface area contributed by atoms with Gasteiger partial charge in [-0.15, -0.1) is 11.3 Å². The Hall–Kier alpha value is -2.92. The maximum Gasteiger partial charge on any atom is 0.233 e. The van der Waals surface area contributed by atoms with Crippen LogP contribution in [0.25, 0.3) is 16.2 Å². The van der Waals surface area contributed by atoms with Gasteiger partial charge in [0, 0.05) is 34.6 Å². The molecule has 3 heterocycles. The first-order chi connectivity index (χ1) is 14.1. The number of nitrogens with zero attached hydrogens (tertiary/aromatic N) is 3. The van der Waals surface area contributed by atoms with E-state index < -0.39 is 0 Å². The SMILES string of the molecule is CCc1ccc(-c2cn3c(CC(=O)N4c5ccccc5CC4C)csc3n2)cc1. The molecule has 146 valence electrons. The van der Waals surface area contributed by atoms with Gasteiger partial charge < -0.3 is 4.90 Å². The fraction of sp³-hybridized carbons (Fsp3) is 0.250. The van der Waals surface area contributed by atoms with Crippen LogP contribution in [0.1, 0.15) is 30.7 Å². The summed E-state index contributed by atoms with van der Waals surface area (Å²) in [5.74, 6) is 0.143. The number of rotatable bonds is 4. The average Bonchev–Trinajstić information content (AvgIpc) is 3.41. The molecule has 0 saturated carbocycles. The highest BCUT2D eigenvalue weighted by Crippen LogP contribution is 2.33. The van der Waals surface area contributed by atoms with Gasteiger partial charge in [0.05, 0.1) is 12.1 Å². The van der Waals surface area contributed by atoms with Crippen molar-refractivity contribution in [1.29, 1.82) is 0 Å². The monoisotopic (exact) mass is 401 g/mol. The van der Waals surface area contributed by atoms with E-state index >= 15 is 0 Å². The van der Waals surface area contributed by atoms with Gasteiger partial charge in [-0.25, -0.2) is 4.98 Å². The van der Waals surface area contributed by atoms with Crippen molar-refractivity contribution in [2.24, 2.45) is 0 Å². The second-order valence-corrected chi connectivity index (χ2v) is 8.52. The van der Waals surface area contributed by atoms with E-state index in [4.69, 9.17) is 4.98 Å². The Kier molecular flexibility index (Phi) is 4.47. The number of amides is 1. The maximum absolute atomic E-state index is 13.2. The number of benzene rings is 2. The van der Waals surface area contributed by atoms with Crippen molar-refractivity contribution in [1.82, 2.24) is 9.38 Å². The molecule has 0 bridgehead atoms. The lowest BCUT2D eigenvalue weighted by Gasteiger charge is -2.22. The van der Waals surface area contributed by atoms with Gasteiger partial charge in [-0.2, -0.15) is 0 Å². The number of fused-ring (bicyclic) bond motifs is 2. The smallest absolute Gasteiger partial charge is 0.233 e. The Bertz CT molecular complexity index is 1190. The zero-order chi connectivity index (χ0) is 20.0. The summed E-state index contributed by atoms with van der Waals surface area (Å²) in [6, 6.07) is 17.0. The maximum atomic E-state index is 13.2. The molecule has 1 unspecified atom stereocenters. The summed E-state index contributed by atoms with van der Waals surface area (Å²) >= 11 is 1.59. The number of hydrogen-bond donors (Lipinski definition) is 0. The first-order valence-electron chi connectivity index (χ1n) is 10.1. The molecule has 4 aromatic rings. The molecule has 2 aromatic carbocycles. The number of imidazole rings is 1. The van der Waals surface area contributed by atoms with Crippen LogP contribution in [0.15, 0.2) is 60.1 Å². The van der Waals surface area contributed by atoms with Crippen LogP contribution in [0.4, 0.5) is 5.69 Å². The van der Waals surface area contributed by atoms with Crippen LogP contribution in [0, 0.1) is 0 Å². The summed E-state index contributed by atoms with van der Waals surface area (Å²) in [4.78, 5) is 20.8. The van der Waals surface area contributed by atoms with Crippen LogP contribution in [0.2, 0.25) is 0 Å². The highest BCUT2D eigenvalue weighted by atomic mass is 32.1. The quantitative estimate of drug-likeness (QED) is 0.474. The summed E-state index contributed by atoms with van der Waals surface area (Å²) in [5.41, 5.74) is 6.69. The van der Waals surface area contributed by atoms with Crippen LogP contribution in [-0.2, 0) is 24.1 Å². The van der Waals surface area contributed by atoms with Gasteiger partial charge in [0.1, 0.15) is 0 Å². The third kappa shape index (κ3) is 3.15. The molecule has 1 aliphatic rings. The summed E-state index contributed by atoms with van der Waals surface area (Å²) in [5, 5.41) is 2.05. The molecule has 1 atom stereocenters. The van der Waals surface area contributed by atoms with Crippen LogP contribution < -0.4 is 4.90 Å². The van der Waals surface area contributed by atoms with Crippen LogP contribution in [0.5, 0.6) is 0 Å². The van der Waals surface area contributed by atoms with Crippen molar-refractivity contribution in [2.45, 2.75) is 39.2 Å². The molecule has 0 aliphatic carbocycles. The number of anilines is 1. The first-order valence-corrected chi connectivity index (χ1v) is 11.0. The zero-order valence-corrected chi connectivity index (χ0v) is 17.4. The molecule has 29 heavy (non-hydrogen) atoms. The molecular formula is C24H23N3OS. The van der Waals surface area contributed by atoms with E-state index in [1.165, 1.54) is 11.1 Å². The second kappa shape index (κ2) is 7.16. The first kappa shape index (κ1) is 18.1. The molecule has 5 heteroatoms. The lowest BCUT2D eigenvalue weighted by Crippen LogP contribution is -2.37. The lowest BCUT2D eigenvalue weighted by atomic mass is 10.1. The van der Waals surface area contributed by atoms with Crippen LogP contribution in [-0.4, -0.2) is 21.3 Å². The number of aryl methyl sites for hydroxylation is 1. The number of carbonyl (C=O) groups excluding carboxylic acids is 1. The van der Waals surface area contributed by atoms with Crippen molar-refractivity contribution < 1.29 is 4.79 Å². The number of carbonyl (C=O) groups is 1. The lowest BCUT2D eigenvalue weighted by molar-refractivity contribution is -0.118. The molecule has 1 aliphatic heterocycles. The predicted octanol–water partition coefficient (Wildman–Crippen LogP) is 5.15. The van der Waals surface area contributed by atoms with E-state index in [1.807, 2.05) is 17.0 Å². The predicted molar refractivity (Wildman–Crippen MR) is 119 cm³/mol. The summed E-state index contributed by atoms with van der Waals surface area (Å²) in [7, 11) is 0. The molecule has 4 nitrogen and oxygen atoms in total. The van der Waals surface area contributed by atoms with Crippen LogP contribution >= 0.6 is 11.3 Å². The van der Waals surface area contributed by atoms with E-state index in [2.05, 4.69) is 66.2 Å². The van der Waals surface area contributed by atoms with Gasteiger partial charge in [-0.3, -0.25) is 9.20 Å². The van der Waals surface area contributed by atoms with Gasteiger partial charge in [0.2, 0.25) is 5.91 Å². The highest BCUT2D eigenvalue weighted by molar-refractivity contribution is 7.15. The molecule has 0 radical (unpaired) electrons. The normalized spacial score (nSPS) is 15.8. The van der Waals surface area contributed by atoms with Crippen molar-refractivity contribution >= 4 is 27.9 Å². The van der Waals surface area contributed by atoms with Crippen molar-refractivity contribution in [3.8, 4) is 11.3 Å². The molecule has 5 rings (SSSR count). The largest absolute Gasteiger partial charge is 0.309 e. The van der Waals surface area contributed by atoms with Crippen molar-refractivity contribution in [3.05, 3.63) is 76.9 Å². The van der Waals surface area contributed by atoms with Gasteiger partial charge >= 0.3 is 0 Å². The van der Waals surface area contributed by atoms with Gasteiger partial charge in [0.25, 0.3) is 0 Å². The molecule has 0 saturated heterocycles. The van der Waals surface area contributed by atoms with Gasteiger partial charge in [-0.05, 0) is 37.0 Å². The number of hydrogen-bond acceptors (Lipinski definition) is 3. The third-order valence-electron chi connectivity index (χ3n) is 5.75. The standard InChI is InChI=1S/C24H23N3OS/c1-3-17-8-10-18(11-9-17)21-14-26-20(15-29-24(26)25-21)13-23(28)27-16(2)12-19-6-4-5-7-22(19)27/h4-11,14-16H,3,12-13H2,1-2H3. The van der Waals surface area contributed by atoms with E-state index in [0.717, 1.165) is 40.4 Å². The molecule has 0 N–H and O–H groups in total. The molecule has 0 fully saturated rings. The fourth-order valence-corrected chi connectivity index (χ4v) is 5.07. The van der Waals surface area contributed by atoms with Crippen molar-refractivity contribution in [2.75, 3.05) is 4.90 Å². The second-order valence-electron chi connectivity index (χ2n) is 7.68. The minimum atomic E-state index is 0.143. The Labute approximate surface area is 174 Å². The minimum absolute atomic E-state index is 0.143. The van der Waals surface area contributed by atoms with Crippen molar-refractivity contribution in [3.63, 3.8) is 0 Å². The molecule has 1 amide bonds. The summed E-state index contributed by atoms with van der Waals surface area (Å²) < 4.78 is 2.07. The average molecular weight is 402 g/mol. The third-order valence-corrected chi connectivity index (χ3v) is 6.64. The Morgan fingerprint density at radius 1 is 1.17 bits per heavy atom. The summed E-state index contributed by atoms with van der Waals surface area (Å²) in [6.45, 7) is 4.28. The highest BCUT2D eigenvalue weighted by Gasteiger charge is 2.30. The van der Waals surface area contributed by atoms with Gasteiger partial charge in [-0.1, -0.05) is 49.4 Å². The number of para-hydroxylation sites is 1. The Morgan fingerprint density at radius 3 is 2.76 bits per heavy atom. The fourth-order valence-electron chi connectivity index (χ4n) is 4.19. The number of aromatic nitrogens is 2. The topological polar surface area (TPSA) is 37.6 Å². The Morgan fingerprint density at radius 2 is 1.97 bits per heavy atom. The molecular weight excluding hydrogens is 378 g/mol. The molecule has 2 aromatic heterocycles. The van der Waals surface area contributed by atoms with E-state index in [9.17, 15) is 4.79 Å². The summed E-state index contributed by atoms with van der Waals surface area (Å²) in [6.07, 6.45) is 4.38. The Balaban J connectivity index is 1.42. The van der Waals surface area contributed by atoms with E-state index in [1.54, 1.807) is 11.3 Å². The number of thiazole rings is 1. The van der Waals surface area contributed by atoms with Gasteiger partial charge in [0.15, 0.2) is 4.96 Å². The minimum Gasteiger partial charge on any atom is -0.309 e. The van der Waals surface area contributed by atoms with Crippen LogP contribution in [0.3, 0.4) is 0 Å². The van der Waals surface area contributed by atoms with E-state index in [0.29, 0.717) is 6.42 Å². The van der Waals surface area contributed by atoms with E-state index in [-0.39, 0.29) is 11.9 Å².